The van der Waals surface area contributed by atoms with E-state index in [1.165, 1.54) is 0 Å². The van der Waals surface area contributed by atoms with E-state index in [-0.39, 0.29) is 5.95 Å². The van der Waals surface area contributed by atoms with Crippen molar-refractivity contribution < 1.29 is 9.47 Å². The molecule has 0 aliphatic heterocycles. The highest BCUT2D eigenvalue weighted by Gasteiger charge is 2.13. The maximum Gasteiger partial charge on any atom is 0.222 e. The van der Waals surface area contributed by atoms with Crippen LogP contribution in [0.15, 0.2) is 18.3 Å². The molecule has 0 fully saturated rings. The quantitative estimate of drug-likeness (QED) is 0.710. The highest BCUT2D eigenvalue weighted by molar-refractivity contribution is 6.07. The summed E-state index contributed by atoms with van der Waals surface area (Å²) in [5, 5.41) is 1.46. The number of aromatic nitrogens is 3. The number of nitrogens with two attached hydrogens (primary N) is 2. The van der Waals surface area contributed by atoms with Crippen molar-refractivity contribution in [3.8, 4) is 11.5 Å². The molecule has 7 heteroatoms. The van der Waals surface area contributed by atoms with Crippen molar-refractivity contribution in [3.63, 3.8) is 0 Å². The van der Waals surface area contributed by atoms with Crippen molar-refractivity contribution in [2.24, 2.45) is 0 Å². The molecule has 7 nitrogen and oxygen atoms in total. The van der Waals surface area contributed by atoms with E-state index in [2.05, 4.69) is 15.0 Å². The Bertz CT molecular complexity index is 850. The SMILES string of the molecule is CCOc1cc2ncc3c(N)nc(N)nc3c2cc1OCC. The lowest BCUT2D eigenvalue weighted by atomic mass is 10.1. The van der Waals surface area contributed by atoms with E-state index in [0.29, 0.717) is 41.4 Å². The van der Waals surface area contributed by atoms with Crippen molar-refractivity contribution in [1.82, 2.24) is 15.0 Å². The number of rotatable bonds is 4. The second-order valence-electron chi connectivity index (χ2n) is 4.67. The topological polar surface area (TPSA) is 109 Å². The van der Waals surface area contributed by atoms with Crippen LogP contribution in [0.25, 0.3) is 21.8 Å². The minimum atomic E-state index is 0.129. The second kappa shape index (κ2) is 5.51. The molecule has 22 heavy (non-hydrogen) atoms. The van der Waals surface area contributed by atoms with Gasteiger partial charge < -0.3 is 20.9 Å². The van der Waals surface area contributed by atoms with E-state index >= 15 is 0 Å². The summed E-state index contributed by atoms with van der Waals surface area (Å²) in [5.41, 5.74) is 13.0. The molecule has 2 aromatic heterocycles. The first-order valence-electron chi connectivity index (χ1n) is 7.05. The highest BCUT2D eigenvalue weighted by Crippen LogP contribution is 2.35. The third kappa shape index (κ3) is 2.30. The highest BCUT2D eigenvalue weighted by atomic mass is 16.5. The van der Waals surface area contributed by atoms with Gasteiger partial charge in [0, 0.05) is 17.6 Å². The fourth-order valence-electron chi connectivity index (χ4n) is 2.35. The monoisotopic (exact) mass is 299 g/mol. The van der Waals surface area contributed by atoms with Gasteiger partial charge in [-0.3, -0.25) is 4.98 Å². The molecule has 0 spiro atoms. The zero-order valence-corrected chi connectivity index (χ0v) is 12.5. The zero-order chi connectivity index (χ0) is 15.7. The molecule has 0 saturated heterocycles. The number of benzene rings is 1. The summed E-state index contributed by atoms with van der Waals surface area (Å²) in [6.07, 6.45) is 1.64. The number of pyridine rings is 1. The lowest BCUT2D eigenvalue weighted by Crippen LogP contribution is -2.02. The Morgan fingerprint density at radius 3 is 2.32 bits per heavy atom. The number of ether oxygens (including phenoxy) is 2. The van der Waals surface area contributed by atoms with Crippen LogP contribution in [0.1, 0.15) is 13.8 Å². The van der Waals surface area contributed by atoms with Gasteiger partial charge in [-0.05, 0) is 19.9 Å². The Kier molecular flexibility index (Phi) is 3.54. The van der Waals surface area contributed by atoms with Gasteiger partial charge in [0.1, 0.15) is 5.82 Å². The summed E-state index contributed by atoms with van der Waals surface area (Å²) in [6.45, 7) is 4.91. The van der Waals surface area contributed by atoms with E-state index in [1.807, 2.05) is 26.0 Å². The van der Waals surface area contributed by atoms with E-state index in [1.54, 1.807) is 6.20 Å². The molecule has 3 aromatic rings. The number of fused-ring (bicyclic) bond motifs is 3. The predicted molar refractivity (Wildman–Crippen MR) is 86.0 cm³/mol. The molecule has 4 N–H and O–H groups in total. The van der Waals surface area contributed by atoms with E-state index in [4.69, 9.17) is 20.9 Å². The minimum Gasteiger partial charge on any atom is -0.490 e. The maximum atomic E-state index is 5.90. The average molecular weight is 299 g/mol. The van der Waals surface area contributed by atoms with E-state index in [0.717, 1.165) is 10.9 Å². The van der Waals surface area contributed by atoms with Crippen LogP contribution in [-0.4, -0.2) is 28.2 Å². The standard InChI is InChI=1S/C15H17N5O2/c1-3-21-11-5-8-10(6-12(11)22-4-2)18-7-9-13(8)19-15(17)20-14(9)16/h5-7H,3-4H2,1-2H3,(H4,16,17,19,20). The lowest BCUT2D eigenvalue weighted by molar-refractivity contribution is 0.288. The van der Waals surface area contributed by atoms with Gasteiger partial charge in [0.15, 0.2) is 11.5 Å². The van der Waals surface area contributed by atoms with Crippen LogP contribution in [0.2, 0.25) is 0 Å². The molecule has 0 aliphatic rings. The molecule has 0 unspecified atom stereocenters. The van der Waals surface area contributed by atoms with Crippen molar-refractivity contribution in [2.45, 2.75) is 13.8 Å². The fraction of sp³-hybridized carbons (Fsp3) is 0.267. The van der Waals surface area contributed by atoms with Crippen molar-refractivity contribution in [3.05, 3.63) is 18.3 Å². The number of hydrogen-bond acceptors (Lipinski definition) is 7. The summed E-state index contributed by atoms with van der Waals surface area (Å²) < 4.78 is 11.3. The number of anilines is 2. The van der Waals surface area contributed by atoms with Crippen LogP contribution in [0, 0.1) is 0 Å². The normalized spacial score (nSPS) is 11.0. The summed E-state index contributed by atoms with van der Waals surface area (Å²) in [5.74, 6) is 1.73. The summed E-state index contributed by atoms with van der Waals surface area (Å²) in [4.78, 5) is 12.7. The van der Waals surface area contributed by atoms with Gasteiger partial charge in [0.05, 0.1) is 29.6 Å². The smallest absolute Gasteiger partial charge is 0.222 e. The predicted octanol–water partition coefficient (Wildman–Crippen LogP) is 2.14. The average Bonchev–Trinajstić information content (AvgIpc) is 2.48. The second-order valence-corrected chi connectivity index (χ2v) is 4.67. The van der Waals surface area contributed by atoms with Gasteiger partial charge in [-0.1, -0.05) is 0 Å². The molecule has 0 aliphatic carbocycles. The van der Waals surface area contributed by atoms with Gasteiger partial charge >= 0.3 is 0 Å². The molecule has 2 heterocycles. The van der Waals surface area contributed by atoms with Crippen LogP contribution in [0.3, 0.4) is 0 Å². The van der Waals surface area contributed by atoms with Crippen molar-refractivity contribution in [2.75, 3.05) is 24.7 Å². The number of nitrogens with zero attached hydrogens (tertiary/aromatic N) is 3. The Morgan fingerprint density at radius 2 is 1.64 bits per heavy atom. The molecule has 0 radical (unpaired) electrons. The van der Waals surface area contributed by atoms with Gasteiger partial charge in [0.2, 0.25) is 5.95 Å². The van der Waals surface area contributed by atoms with Gasteiger partial charge in [-0.15, -0.1) is 0 Å². The van der Waals surface area contributed by atoms with Crippen molar-refractivity contribution in [1.29, 1.82) is 0 Å². The lowest BCUT2D eigenvalue weighted by Gasteiger charge is -2.13. The first-order valence-corrected chi connectivity index (χ1v) is 7.05. The Hall–Kier alpha value is -2.83. The number of hydrogen-bond donors (Lipinski definition) is 2. The van der Waals surface area contributed by atoms with E-state index < -0.39 is 0 Å². The molecule has 114 valence electrons. The summed E-state index contributed by atoms with van der Waals surface area (Å²) in [6, 6.07) is 3.68. The molecular weight excluding hydrogens is 282 g/mol. The van der Waals surface area contributed by atoms with Crippen LogP contribution < -0.4 is 20.9 Å². The van der Waals surface area contributed by atoms with Gasteiger partial charge in [-0.25, -0.2) is 4.98 Å². The van der Waals surface area contributed by atoms with Crippen LogP contribution in [-0.2, 0) is 0 Å². The van der Waals surface area contributed by atoms with Crippen LogP contribution in [0.5, 0.6) is 11.5 Å². The molecule has 0 atom stereocenters. The van der Waals surface area contributed by atoms with Crippen LogP contribution in [0.4, 0.5) is 11.8 Å². The first kappa shape index (κ1) is 14.1. The molecule has 0 bridgehead atoms. The molecule has 1 aromatic carbocycles. The zero-order valence-electron chi connectivity index (χ0n) is 12.5. The van der Waals surface area contributed by atoms with Gasteiger partial charge in [0.25, 0.3) is 0 Å². The summed E-state index contributed by atoms with van der Waals surface area (Å²) >= 11 is 0. The van der Waals surface area contributed by atoms with Crippen LogP contribution >= 0.6 is 0 Å². The minimum absolute atomic E-state index is 0.129. The Morgan fingerprint density at radius 1 is 0.955 bits per heavy atom. The third-order valence-electron chi connectivity index (χ3n) is 3.24. The Labute approximate surface area is 127 Å². The van der Waals surface area contributed by atoms with Gasteiger partial charge in [-0.2, -0.15) is 4.98 Å². The number of nitrogen functional groups attached to an aromatic ring is 2. The molecule has 0 saturated carbocycles. The third-order valence-corrected chi connectivity index (χ3v) is 3.24. The largest absolute Gasteiger partial charge is 0.490 e. The van der Waals surface area contributed by atoms with Crippen molar-refractivity contribution >= 4 is 33.6 Å². The van der Waals surface area contributed by atoms with E-state index in [9.17, 15) is 0 Å². The molecular formula is C15H17N5O2. The maximum absolute atomic E-state index is 5.90. The Balaban J connectivity index is 2.35. The molecule has 3 rings (SSSR count). The molecule has 0 amide bonds. The first-order chi connectivity index (χ1) is 10.6. The fourth-order valence-corrected chi connectivity index (χ4v) is 2.35. The summed E-state index contributed by atoms with van der Waals surface area (Å²) in [7, 11) is 0.